The van der Waals surface area contributed by atoms with Gasteiger partial charge in [-0.15, -0.1) is 0 Å². The Morgan fingerprint density at radius 3 is 2.25 bits per heavy atom. The largest absolute Gasteiger partial charge is 0.350 e. The average Bonchev–Trinajstić information content (AvgIpc) is 2.25. The molecule has 0 aliphatic carbocycles. The van der Waals surface area contributed by atoms with E-state index in [1.54, 1.807) is 7.05 Å². The predicted octanol–water partition coefficient (Wildman–Crippen LogP) is 1.45. The molecule has 0 aromatic rings. The van der Waals surface area contributed by atoms with E-state index in [4.69, 9.17) is 0 Å². The third kappa shape index (κ3) is 5.80. The minimum Gasteiger partial charge on any atom is -0.350 e. The van der Waals surface area contributed by atoms with Crippen LogP contribution < -0.4 is 10.6 Å². The number of nitrogens with one attached hydrogen (secondary N) is 2. The Kier molecular flexibility index (Phi) is 5.84. The smallest absolute Gasteiger partial charge is 0.239 e. The van der Waals surface area contributed by atoms with Gasteiger partial charge in [0.05, 0.1) is 6.54 Å². The Balaban J connectivity index is 2.50. The minimum atomic E-state index is -0.198. The second-order valence-corrected chi connectivity index (χ2v) is 7.05. The van der Waals surface area contributed by atoms with Crippen LogP contribution in [0.15, 0.2) is 4.99 Å². The van der Waals surface area contributed by atoms with E-state index in [9.17, 15) is 4.79 Å². The molecule has 2 atom stereocenters. The fraction of sp³-hybridized carbons (Fsp3) is 0.867. The van der Waals surface area contributed by atoms with Crippen molar-refractivity contribution < 1.29 is 4.79 Å². The molecule has 2 N–H and O–H groups in total. The number of piperidine rings is 1. The zero-order valence-electron chi connectivity index (χ0n) is 13.8. The number of aliphatic imine (C=N–C) groups is 1. The first-order chi connectivity index (χ1) is 9.21. The number of nitrogens with zero attached hydrogens (tertiary/aromatic N) is 2. The van der Waals surface area contributed by atoms with Crippen LogP contribution in [0.25, 0.3) is 0 Å². The van der Waals surface area contributed by atoms with Crippen LogP contribution in [0, 0.1) is 11.8 Å². The molecule has 0 aromatic carbocycles. The van der Waals surface area contributed by atoms with Crippen molar-refractivity contribution in [2.75, 3.05) is 26.7 Å². The number of carbonyl (C=O) groups is 1. The molecule has 1 saturated heterocycles. The molecule has 1 aliphatic heterocycles. The highest BCUT2D eigenvalue weighted by Gasteiger charge is 2.24. The molecule has 0 bridgehead atoms. The Bertz CT molecular complexity index is 349. The van der Waals surface area contributed by atoms with E-state index in [-0.39, 0.29) is 18.0 Å². The second-order valence-electron chi connectivity index (χ2n) is 7.05. The topological polar surface area (TPSA) is 56.7 Å². The highest BCUT2D eigenvalue weighted by Crippen LogP contribution is 2.20. The number of likely N-dealkylation sites (tertiary alicyclic amines) is 1. The van der Waals surface area contributed by atoms with Crippen molar-refractivity contribution in [3.63, 3.8) is 0 Å². The van der Waals surface area contributed by atoms with Gasteiger partial charge >= 0.3 is 0 Å². The van der Waals surface area contributed by atoms with Gasteiger partial charge in [-0.1, -0.05) is 13.8 Å². The standard InChI is InChI=1S/C15H30N4O/c1-11-7-12(2)10-19(9-11)14(16-6)17-8-13(20)18-15(3,4)5/h11-12H,7-10H2,1-6H3,(H,16,17)(H,18,20). The fourth-order valence-corrected chi connectivity index (χ4v) is 2.79. The molecule has 0 radical (unpaired) electrons. The summed E-state index contributed by atoms with van der Waals surface area (Å²) in [4.78, 5) is 18.4. The van der Waals surface area contributed by atoms with Crippen LogP contribution in [0.4, 0.5) is 0 Å². The Morgan fingerprint density at radius 1 is 1.25 bits per heavy atom. The van der Waals surface area contributed by atoms with Crippen molar-refractivity contribution in [3.05, 3.63) is 0 Å². The van der Waals surface area contributed by atoms with Gasteiger partial charge in [-0.25, -0.2) is 0 Å². The molecule has 5 heteroatoms. The summed E-state index contributed by atoms with van der Waals surface area (Å²) in [7, 11) is 1.77. The van der Waals surface area contributed by atoms with Crippen molar-refractivity contribution in [2.24, 2.45) is 16.8 Å². The molecule has 116 valence electrons. The first-order valence-corrected chi connectivity index (χ1v) is 7.48. The molecule has 1 heterocycles. The van der Waals surface area contributed by atoms with Crippen LogP contribution in [-0.2, 0) is 4.79 Å². The summed E-state index contributed by atoms with van der Waals surface area (Å²) < 4.78 is 0. The van der Waals surface area contributed by atoms with Gasteiger partial charge in [0.1, 0.15) is 0 Å². The summed E-state index contributed by atoms with van der Waals surface area (Å²) in [5.74, 6) is 2.16. The maximum atomic E-state index is 11.8. The van der Waals surface area contributed by atoms with E-state index < -0.39 is 0 Å². The first-order valence-electron chi connectivity index (χ1n) is 7.48. The van der Waals surface area contributed by atoms with Gasteiger partial charge < -0.3 is 15.5 Å². The summed E-state index contributed by atoms with van der Waals surface area (Å²) in [5.41, 5.74) is -0.198. The number of guanidine groups is 1. The molecule has 2 unspecified atom stereocenters. The summed E-state index contributed by atoms with van der Waals surface area (Å²) in [6, 6.07) is 0. The number of hydrogen-bond donors (Lipinski definition) is 2. The van der Waals surface area contributed by atoms with Crippen LogP contribution in [0.2, 0.25) is 0 Å². The lowest BCUT2D eigenvalue weighted by Crippen LogP contribution is -2.52. The molecule has 0 saturated carbocycles. The quantitative estimate of drug-likeness (QED) is 0.595. The van der Waals surface area contributed by atoms with E-state index in [1.807, 2.05) is 20.8 Å². The zero-order chi connectivity index (χ0) is 15.3. The summed E-state index contributed by atoms with van der Waals surface area (Å²) in [5, 5.41) is 6.11. The van der Waals surface area contributed by atoms with Gasteiger partial charge in [0.15, 0.2) is 5.96 Å². The fourth-order valence-electron chi connectivity index (χ4n) is 2.79. The summed E-state index contributed by atoms with van der Waals surface area (Å²) >= 11 is 0. The van der Waals surface area contributed by atoms with Gasteiger partial charge in [-0.3, -0.25) is 9.79 Å². The maximum absolute atomic E-state index is 11.8. The van der Waals surface area contributed by atoms with Crippen LogP contribution in [0.3, 0.4) is 0 Å². The molecule has 1 rings (SSSR count). The molecule has 20 heavy (non-hydrogen) atoms. The van der Waals surface area contributed by atoms with Crippen LogP contribution in [0.1, 0.15) is 41.0 Å². The van der Waals surface area contributed by atoms with Gasteiger partial charge in [-0.2, -0.15) is 0 Å². The van der Waals surface area contributed by atoms with E-state index in [0.717, 1.165) is 19.0 Å². The van der Waals surface area contributed by atoms with Crippen LogP contribution >= 0.6 is 0 Å². The third-order valence-electron chi connectivity index (χ3n) is 3.30. The molecule has 1 amide bonds. The van der Waals surface area contributed by atoms with Crippen molar-refractivity contribution in [3.8, 4) is 0 Å². The van der Waals surface area contributed by atoms with E-state index in [2.05, 4.69) is 34.4 Å². The number of carbonyl (C=O) groups excluding carboxylic acids is 1. The lowest BCUT2D eigenvalue weighted by atomic mass is 9.92. The summed E-state index contributed by atoms with van der Waals surface area (Å²) in [6.45, 7) is 12.7. The highest BCUT2D eigenvalue weighted by molar-refractivity contribution is 5.86. The van der Waals surface area contributed by atoms with Crippen LogP contribution in [-0.4, -0.2) is 49.0 Å². The number of amides is 1. The zero-order valence-corrected chi connectivity index (χ0v) is 13.8. The van der Waals surface area contributed by atoms with E-state index >= 15 is 0 Å². The van der Waals surface area contributed by atoms with Gasteiger partial charge in [0, 0.05) is 25.7 Å². The predicted molar refractivity (Wildman–Crippen MR) is 83.8 cm³/mol. The molecular formula is C15H30N4O. The molecule has 0 spiro atoms. The normalized spacial score (nSPS) is 24.5. The minimum absolute atomic E-state index is 0.00300. The van der Waals surface area contributed by atoms with Gasteiger partial charge in [-0.05, 0) is 39.0 Å². The Hall–Kier alpha value is -1.26. The van der Waals surface area contributed by atoms with Crippen LogP contribution in [0.5, 0.6) is 0 Å². The molecule has 1 aliphatic rings. The monoisotopic (exact) mass is 282 g/mol. The van der Waals surface area contributed by atoms with Gasteiger partial charge in [0.25, 0.3) is 0 Å². The first kappa shape index (κ1) is 16.8. The molecule has 0 aromatic heterocycles. The van der Waals surface area contributed by atoms with Crippen molar-refractivity contribution in [1.82, 2.24) is 15.5 Å². The SMILES string of the molecule is CN=C(NCC(=O)NC(C)(C)C)N1CC(C)CC(C)C1. The van der Waals surface area contributed by atoms with E-state index in [0.29, 0.717) is 11.8 Å². The van der Waals surface area contributed by atoms with E-state index in [1.165, 1.54) is 6.42 Å². The highest BCUT2D eigenvalue weighted by atomic mass is 16.2. The molecular weight excluding hydrogens is 252 g/mol. The van der Waals surface area contributed by atoms with Crippen molar-refractivity contribution >= 4 is 11.9 Å². The summed E-state index contributed by atoms with van der Waals surface area (Å²) in [6.07, 6.45) is 1.26. The van der Waals surface area contributed by atoms with Crippen molar-refractivity contribution in [1.29, 1.82) is 0 Å². The number of rotatable bonds is 2. The Morgan fingerprint density at radius 2 is 1.80 bits per heavy atom. The molecule has 5 nitrogen and oxygen atoms in total. The lowest BCUT2D eigenvalue weighted by molar-refractivity contribution is -0.121. The second kappa shape index (κ2) is 6.95. The van der Waals surface area contributed by atoms with Gasteiger partial charge in [0.2, 0.25) is 5.91 Å². The third-order valence-corrected chi connectivity index (χ3v) is 3.30. The van der Waals surface area contributed by atoms with Crippen molar-refractivity contribution in [2.45, 2.75) is 46.6 Å². The maximum Gasteiger partial charge on any atom is 0.239 e. The Labute approximate surface area is 123 Å². The molecule has 1 fully saturated rings. The number of hydrogen-bond acceptors (Lipinski definition) is 2. The lowest BCUT2D eigenvalue weighted by Gasteiger charge is -2.37. The average molecular weight is 282 g/mol.